The number of benzene rings is 2. The molecule has 0 radical (unpaired) electrons. The molecule has 0 saturated carbocycles. The number of nitrogens with one attached hydrogen (secondary N) is 1. The zero-order valence-corrected chi connectivity index (χ0v) is 16.1. The molecule has 1 fully saturated rings. The van der Waals surface area contributed by atoms with Crippen LogP contribution in [-0.2, 0) is 11.2 Å². The maximum absolute atomic E-state index is 13.7. The van der Waals surface area contributed by atoms with Crippen LogP contribution in [0.2, 0.25) is 0 Å². The highest BCUT2D eigenvalue weighted by Gasteiger charge is 2.23. The van der Waals surface area contributed by atoms with E-state index in [-0.39, 0.29) is 23.4 Å². The molecule has 6 heteroatoms. The summed E-state index contributed by atoms with van der Waals surface area (Å²) < 4.78 is 13.7. The monoisotopic (exact) mass is 386 g/mol. The molecule has 1 aliphatic rings. The van der Waals surface area contributed by atoms with E-state index in [1.807, 2.05) is 30.3 Å². The first-order valence-electron chi connectivity index (χ1n) is 9.12. The molecule has 3 rings (SSSR count). The van der Waals surface area contributed by atoms with Crippen LogP contribution in [-0.4, -0.2) is 34.9 Å². The molecule has 2 amide bonds. The van der Waals surface area contributed by atoms with Gasteiger partial charge in [-0.2, -0.15) is 0 Å². The van der Waals surface area contributed by atoms with Crippen LogP contribution in [0.1, 0.15) is 36.1 Å². The lowest BCUT2D eigenvalue weighted by Crippen LogP contribution is -2.33. The van der Waals surface area contributed by atoms with E-state index in [1.165, 1.54) is 29.5 Å². The molecular formula is C21H23FN2O2S. The van der Waals surface area contributed by atoms with Crippen LogP contribution in [0.25, 0.3) is 0 Å². The Balaban J connectivity index is 1.74. The quantitative estimate of drug-likeness (QED) is 0.778. The van der Waals surface area contributed by atoms with Gasteiger partial charge in [-0.05, 0) is 35.2 Å². The number of amides is 2. The van der Waals surface area contributed by atoms with Crippen LogP contribution in [0, 0.1) is 5.82 Å². The highest BCUT2D eigenvalue weighted by atomic mass is 32.2. The van der Waals surface area contributed by atoms with Gasteiger partial charge in [0.05, 0.1) is 6.04 Å². The second-order valence-corrected chi connectivity index (χ2v) is 7.55. The molecule has 1 aliphatic heterocycles. The molecule has 142 valence electrons. The van der Waals surface area contributed by atoms with Crippen molar-refractivity contribution >= 4 is 22.9 Å². The van der Waals surface area contributed by atoms with Crippen molar-refractivity contribution in [1.82, 2.24) is 10.2 Å². The maximum Gasteiger partial charge on any atom is 0.281 e. The standard InChI is InChI=1S/C21H23FN2O2S/c1-2-15-6-8-16(9-7-15)20(17-4-3-5-18(22)14-17)23-19(25)10-11-24-12-13-27-21(24)26/h3-9,14,20H,2,10-13H2,1H3,(H,23,25)/t20-/m0/s1. The van der Waals surface area contributed by atoms with Gasteiger partial charge < -0.3 is 10.2 Å². The topological polar surface area (TPSA) is 49.4 Å². The molecule has 1 N–H and O–H groups in total. The van der Waals surface area contributed by atoms with Gasteiger partial charge in [0.15, 0.2) is 0 Å². The summed E-state index contributed by atoms with van der Waals surface area (Å²) in [6, 6.07) is 13.8. The van der Waals surface area contributed by atoms with Crippen molar-refractivity contribution in [2.45, 2.75) is 25.8 Å². The minimum Gasteiger partial charge on any atom is -0.345 e. The van der Waals surface area contributed by atoms with E-state index in [1.54, 1.807) is 11.0 Å². The Morgan fingerprint density at radius 1 is 1.22 bits per heavy atom. The van der Waals surface area contributed by atoms with Crippen molar-refractivity contribution in [1.29, 1.82) is 0 Å². The van der Waals surface area contributed by atoms with E-state index < -0.39 is 6.04 Å². The van der Waals surface area contributed by atoms with Gasteiger partial charge in [0.2, 0.25) is 5.91 Å². The Kier molecular flexibility index (Phi) is 6.50. The van der Waals surface area contributed by atoms with Gasteiger partial charge in [-0.1, -0.05) is 55.1 Å². The highest BCUT2D eigenvalue weighted by Crippen LogP contribution is 2.24. The third-order valence-corrected chi connectivity index (χ3v) is 5.55. The normalized spacial score (nSPS) is 15.0. The Bertz CT molecular complexity index is 810. The summed E-state index contributed by atoms with van der Waals surface area (Å²) in [5, 5.41) is 3.03. The lowest BCUT2D eigenvalue weighted by molar-refractivity contribution is -0.121. The van der Waals surface area contributed by atoms with Crippen molar-refractivity contribution in [3.63, 3.8) is 0 Å². The van der Waals surface area contributed by atoms with Gasteiger partial charge in [0.1, 0.15) is 5.82 Å². The van der Waals surface area contributed by atoms with E-state index >= 15 is 0 Å². The van der Waals surface area contributed by atoms with E-state index in [9.17, 15) is 14.0 Å². The van der Waals surface area contributed by atoms with E-state index in [2.05, 4.69) is 12.2 Å². The summed E-state index contributed by atoms with van der Waals surface area (Å²) in [4.78, 5) is 25.9. The minimum absolute atomic E-state index is 0.0274. The smallest absolute Gasteiger partial charge is 0.281 e. The third kappa shape index (κ3) is 5.10. The van der Waals surface area contributed by atoms with Crippen LogP contribution in [0.4, 0.5) is 9.18 Å². The van der Waals surface area contributed by atoms with Crippen molar-refractivity contribution in [2.75, 3.05) is 18.8 Å². The average Bonchev–Trinajstić information content (AvgIpc) is 3.09. The number of carbonyl (C=O) groups is 2. The number of nitrogens with zero attached hydrogens (tertiary/aromatic N) is 1. The minimum atomic E-state index is -0.428. The number of aryl methyl sites for hydroxylation is 1. The Morgan fingerprint density at radius 2 is 2.00 bits per heavy atom. The first-order chi connectivity index (χ1) is 13.1. The summed E-state index contributed by atoms with van der Waals surface area (Å²) in [7, 11) is 0. The molecular weight excluding hydrogens is 363 g/mol. The Labute approximate surface area is 163 Å². The molecule has 0 bridgehead atoms. The lowest BCUT2D eigenvalue weighted by Gasteiger charge is -2.21. The average molecular weight is 386 g/mol. The Morgan fingerprint density at radius 3 is 2.63 bits per heavy atom. The molecule has 0 unspecified atom stereocenters. The second-order valence-electron chi connectivity index (χ2n) is 6.50. The zero-order valence-electron chi connectivity index (χ0n) is 15.3. The Hall–Kier alpha value is -2.34. The first-order valence-corrected chi connectivity index (χ1v) is 10.1. The largest absolute Gasteiger partial charge is 0.345 e. The van der Waals surface area contributed by atoms with Gasteiger partial charge in [0, 0.05) is 25.3 Å². The molecule has 1 saturated heterocycles. The number of thioether (sulfide) groups is 1. The molecule has 0 aliphatic carbocycles. The van der Waals surface area contributed by atoms with Crippen molar-refractivity contribution in [3.05, 3.63) is 71.0 Å². The number of hydrogen-bond acceptors (Lipinski definition) is 3. The van der Waals surface area contributed by atoms with E-state index in [0.29, 0.717) is 18.7 Å². The molecule has 4 nitrogen and oxygen atoms in total. The predicted octanol–water partition coefficient (Wildman–Crippen LogP) is 4.15. The first kappa shape index (κ1) is 19.4. The van der Waals surface area contributed by atoms with Gasteiger partial charge in [-0.25, -0.2) is 4.39 Å². The van der Waals surface area contributed by atoms with Crippen LogP contribution in [0.3, 0.4) is 0 Å². The molecule has 1 heterocycles. The zero-order chi connectivity index (χ0) is 19.2. The molecule has 2 aromatic carbocycles. The maximum atomic E-state index is 13.7. The fourth-order valence-electron chi connectivity index (χ4n) is 3.09. The van der Waals surface area contributed by atoms with Crippen LogP contribution in [0.5, 0.6) is 0 Å². The van der Waals surface area contributed by atoms with Crippen molar-refractivity contribution < 1.29 is 14.0 Å². The van der Waals surface area contributed by atoms with Gasteiger partial charge in [0.25, 0.3) is 5.24 Å². The molecule has 27 heavy (non-hydrogen) atoms. The van der Waals surface area contributed by atoms with Gasteiger partial charge in [-0.3, -0.25) is 9.59 Å². The van der Waals surface area contributed by atoms with Crippen LogP contribution in [0.15, 0.2) is 48.5 Å². The van der Waals surface area contributed by atoms with Crippen LogP contribution < -0.4 is 5.32 Å². The number of hydrogen-bond donors (Lipinski definition) is 1. The van der Waals surface area contributed by atoms with Gasteiger partial charge in [-0.15, -0.1) is 0 Å². The summed E-state index contributed by atoms with van der Waals surface area (Å²) in [5.74, 6) is 0.279. The molecule has 0 aromatic heterocycles. The lowest BCUT2D eigenvalue weighted by atomic mass is 9.97. The van der Waals surface area contributed by atoms with Crippen molar-refractivity contribution in [3.8, 4) is 0 Å². The predicted molar refractivity (Wildman–Crippen MR) is 106 cm³/mol. The molecule has 1 atom stereocenters. The SMILES string of the molecule is CCc1ccc([C@H](NC(=O)CCN2CCSC2=O)c2cccc(F)c2)cc1. The van der Waals surface area contributed by atoms with Crippen molar-refractivity contribution in [2.24, 2.45) is 0 Å². The summed E-state index contributed by atoms with van der Waals surface area (Å²) in [6.07, 6.45) is 1.16. The van der Waals surface area contributed by atoms with E-state index in [0.717, 1.165) is 17.7 Å². The fraction of sp³-hybridized carbons (Fsp3) is 0.333. The fourth-order valence-corrected chi connectivity index (χ4v) is 3.94. The summed E-state index contributed by atoms with van der Waals surface area (Å²) in [6.45, 7) is 3.17. The number of rotatable bonds is 7. The van der Waals surface area contributed by atoms with Crippen LogP contribution >= 0.6 is 11.8 Å². The number of carbonyl (C=O) groups excluding carboxylic acids is 2. The molecule has 0 spiro atoms. The third-order valence-electron chi connectivity index (χ3n) is 4.66. The number of halogens is 1. The second kappa shape index (κ2) is 9.04. The summed E-state index contributed by atoms with van der Waals surface area (Å²) >= 11 is 1.28. The summed E-state index contributed by atoms with van der Waals surface area (Å²) in [5.41, 5.74) is 2.80. The highest BCUT2D eigenvalue weighted by molar-refractivity contribution is 8.13. The van der Waals surface area contributed by atoms with E-state index in [4.69, 9.17) is 0 Å². The van der Waals surface area contributed by atoms with Gasteiger partial charge >= 0.3 is 0 Å². The molecule has 2 aromatic rings.